The summed E-state index contributed by atoms with van der Waals surface area (Å²) in [6.07, 6.45) is 8.61. The van der Waals surface area contributed by atoms with Crippen LogP contribution in [0.25, 0.3) is 0 Å². The molecule has 0 spiro atoms. The van der Waals surface area contributed by atoms with Crippen LogP contribution in [0.4, 0.5) is 0 Å². The predicted molar refractivity (Wildman–Crippen MR) is 125 cm³/mol. The van der Waals surface area contributed by atoms with Crippen LogP contribution in [0, 0.1) is 11.8 Å². The molecule has 4 nitrogen and oxygen atoms in total. The molecule has 2 unspecified atom stereocenters. The second-order valence-electron chi connectivity index (χ2n) is 7.58. The number of hydrogen-bond donors (Lipinski definition) is 0. The van der Waals surface area contributed by atoms with E-state index in [1.54, 1.807) is 24.3 Å². The molecule has 0 N–H and O–H groups in total. The quantitative estimate of drug-likeness (QED) is 0.286. The minimum absolute atomic E-state index is 0. The van der Waals surface area contributed by atoms with E-state index in [-0.39, 0.29) is 17.6 Å². The van der Waals surface area contributed by atoms with E-state index < -0.39 is 11.9 Å². The van der Waals surface area contributed by atoms with Gasteiger partial charge in [0.15, 0.2) is 0 Å². The molecule has 0 saturated heterocycles. The summed E-state index contributed by atoms with van der Waals surface area (Å²) in [5.74, 6) is -0.153. The van der Waals surface area contributed by atoms with Crippen molar-refractivity contribution in [1.29, 1.82) is 0 Å². The number of benzene rings is 1. The van der Waals surface area contributed by atoms with E-state index >= 15 is 0 Å². The summed E-state index contributed by atoms with van der Waals surface area (Å²) in [6, 6.07) is 6.77. The van der Waals surface area contributed by atoms with Crippen LogP contribution >= 0.6 is 0 Å². The van der Waals surface area contributed by atoms with Gasteiger partial charge in [0.1, 0.15) is 0 Å². The number of carbonyl (C=O) groups excluding carboxylic acids is 2. The topological polar surface area (TPSA) is 52.6 Å². The van der Waals surface area contributed by atoms with Crippen LogP contribution in [0.1, 0.15) is 99.8 Å². The van der Waals surface area contributed by atoms with E-state index in [0.717, 1.165) is 51.4 Å². The first kappa shape index (κ1) is 27.7. The van der Waals surface area contributed by atoms with Gasteiger partial charge in [-0.15, -0.1) is 0 Å². The molecule has 29 heavy (non-hydrogen) atoms. The van der Waals surface area contributed by atoms with Gasteiger partial charge in [-0.05, 0) is 36.8 Å². The van der Waals surface area contributed by atoms with Crippen molar-refractivity contribution in [1.82, 2.24) is 0 Å². The Kier molecular flexibility index (Phi) is 15.8. The average molecular weight is 467 g/mol. The zero-order valence-electron chi connectivity index (χ0n) is 18.2. The molecule has 1 aromatic carbocycles. The summed E-state index contributed by atoms with van der Waals surface area (Å²) < 4.78 is 11.0. The molecule has 0 aliphatic heterocycles. The molecule has 0 fully saturated rings. The molecule has 5 heteroatoms. The van der Waals surface area contributed by atoms with Crippen LogP contribution < -0.4 is 0 Å². The molecule has 0 aliphatic rings. The molecule has 0 heterocycles. The van der Waals surface area contributed by atoms with Gasteiger partial charge in [0.2, 0.25) is 0 Å². The predicted octanol–water partition coefficient (Wildman–Crippen LogP) is 4.98. The molecule has 0 amide bonds. The van der Waals surface area contributed by atoms with Crippen LogP contribution in [-0.4, -0.2) is 42.7 Å². The average Bonchev–Trinajstić information content (AvgIpc) is 2.73. The summed E-state index contributed by atoms with van der Waals surface area (Å²) in [5, 5.41) is 0. The van der Waals surface area contributed by atoms with Crippen molar-refractivity contribution in [2.24, 2.45) is 11.8 Å². The van der Waals surface area contributed by atoms with Gasteiger partial charge in [-0.3, -0.25) is 0 Å². The molecular formula is C24H42GeO4. The first-order valence-corrected chi connectivity index (χ1v) is 11.0. The van der Waals surface area contributed by atoms with Crippen molar-refractivity contribution in [3.8, 4) is 0 Å². The number of ether oxygens (including phenoxy) is 2. The van der Waals surface area contributed by atoms with Crippen LogP contribution in [0.5, 0.6) is 0 Å². The fraction of sp³-hybridized carbons (Fsp3) is 0.667. The molecule has 2 atom stereocenters. The molecule has 0 radical (unpaired) electrons. The van der Waals surface area contributed by atoms with Crippen molar-refractivity contribution in [3.05, 3.63) is 35.4 Å². The molecule has 1 rings (SSSR count). The monoisotopic (exact) mass is 468 g/mol. The zero-order valence-corrected chi connectivity index (χ0v) is 18.2. The van der Waals surface area contributed by atoms with Gasteiger partial charge in [-0.2, -0.15) is 0 Å². The van der Waals surface area contributed by atoms with Gasteiger partial charge >= 0.3 is 29.5 Å². The number of rotatable bonds is 14. The third-order valence-electron chi connectivity index (χ3n) is 5.35. The Labute approximate surface area is 188 Å². The number of unbranched alkanes of at least 4 members (excludes halogenated alkanes) is 2. The van der Waals surface area contributed by atoms with E-state index in [4.69, 9.17) is 9.47 Å². The third-order valence-corrected chi connectivity index (χ3v) is 5.35. The molecule has 0 aliphatic carbocycles. The third kappa shape index (κ3) is 10.3. The maximum absolute atomic E-state index is 12.6. The molecule has 166 valence electrons. The minimum atomic E-state index is -0.444. The Morgan fingerprint density at radius 2 is 1.14 bits per heavy atom. The van der Waals surface area contributed by atoms with Crippen molar-refractivity contribution in [2.75, 3.05) is 13.2 Å². The Morgan fingerprint density at radius 1 is 0.759 bits per heavy atom. The Morgan fingerprint density at radius 3 is 1.45 bits per heavy atom. The van der Waals surface area contributed by atoms with E-state index in [1.165, 1.54) is 0 Å². The van der Waals surface area contributed by atoms with E-state index in [0.29, 0.717) is 36.2 Å². The van der Waals surface area contributed by atoms with E-state index in [2.05, 4.69) is 27.7 Å². The second kappa shape index (κ2) is 16.5. The molecule has 0 saturated carbocycles. The first-order chi connectivity index (χ1) is 13.6. The second-order valence-corrected chi connectivity index (χ2v) is 7.58. The fourth-order valence-corrected chi connectivity index (χ4v) is 3.18. The van der Waals surface area contributed by atoms with Crippen LogP contribution in [0.3, 0.4) is 0 Å². The first-order valence-electron chi connectivity index (χ1n) is 11.0. The van der Waals surface area contributed by atoms with Crippen molar-refractivity contribution >= 4 is 29.5 Å². The van der Waals surface area contributed by atoms with Gasteiger partial charge in [-0.1, -0.05) is 78.4 Å². The zero-order chi connectivity index (χ0) is 20.8. The number of esters is 2. The van der Waals surface area contributed by atoms with E-state index in [9.17, 15) is 9.59 Å². The Balaban J connectivity index is 0.00000784. The fourth-order valence-electron chi connectivity index (χ4n) is 3.18. The SMILES string of the molecule is CCCCC(CC)COC(=O)c1ccccc1C(=O)OCC(CC)CCCC.[GeH4]. The van der Waals surface area contributed by atoms with Crippen molar-refractivity contribution < 1.29 is 19.1 Å². The number of carbonyl (C=O) groups is 2. The van der Waals surface area contributed by atoms with Gasteiger partial charge in [-0.25, -0.2) is 9.59 Å². The molecule has 0 aromatic heterocycles. The van der Waals surface area contributed by atoms with Crippen LogP contribution in [0.2, 0.25) is 0 Å². The standard InChI is InChI=1S/C24H38O4.GeH4/c1-5-9-13-19(7-3)17-27-23(25)21-15-11-12-16-22(21)24(26)28-18-20(8-4)14-10-6-2;/h11-12,15-16,19-20H,5-10,13-14,17-18H2,1-4H3;1H4. The summed E-state index contributed by atoms with van der Waals surface area (Å²) in [6.45, 7) is 9.34. The normalized spacial score (nSPS) is 12.6. The summed E-state index contributed by atoms with van der Waals surface area (Å²) in [5.41, 5.74) is 0.582. The molecule has 0 bridgehead atoms. The maximum atomic E-state index is 12.6. The van der Waals surface area contributed by atoms with Gasteiger partial charge in [0.25, 0.3) is 0 Å². The molecule has 1 aromatic rings. The van der Waals surface area contributed by atoms with Crippen LogP contribution in [0.15, 0.2) is 24.3 Å². The van der Waals surface area contributed by atoms with E-state index in [1.807, 2.05) is 0 Å². The van der Waals surface area contributed by atoms with Crippen LogP contribution in [-0.2, 0) is 9.47 Å². The Hall–Kier alpha value is -1.30. The Bertz CT molecular complexity index is 537. The summed E-state index contributed by atoms with van der Waals surface area (Å²) >= 11 is 0. The summed E-state index contributed by atoms with van der Waals surface area (Å²) in [7, 11) is 0. The summed E-state index contributed by atoms with van der Waals surface area (Å²) in [4.78, 5) is 25.1. The van der Waals surface area contributed by atoms with Gasteiger partial charge < -0.3 is 9.47 Å². The number of hydrogen-bond acceptors (Lipinski definition) is 4. The van der Waals surface area contributed by atoms with Gasteiger partial charge in [0.05, 0.1) is 24.3 Å². The van der Waals surface area contributed by atoms with Crippen molar-refractivity contribution in [2.45, 2.75) is 79.1 Å². The molecular weight excluding hydrogens is 425 g/mol. The van der Waals surface area contributed by atoms with Gasteiger partial charge in [0, 0.05) is 0 Å². The van der Waals surface area contributed by atoms with Crippen molar-refractivity contribution in [3.63, 3.8) is 0 Å².